The van der Waals surface area contributed by atoms with Crippen LogP contribution in [0.2, 0.25) is 0 Å². The zero-order valence-electron chi connectivity index (χ0n) is 16.4. The Hall–Kier alpha value is -3.76. The molecule has 0 radical (unpaired) electrons. The van der Waals surface area contributed by atoms with Gasteiger partial charge in [-0.1, -0.05) is 12.1 Å². The molecule has 1 unspecified atom stereocenters. The van der Waals surface area contributed by atoms with E-state index in [1.165, 1.54) is 55.6 Å². The van der Waals surface area contributed by atoms with E-state index in [1.807, 2.05) is 0 Å². The van der Waals surface area contributed by atoms with Gasteiger partial charge in [-0.2, -0.15) is 13.2 Å². The van der Waals surface area contributed by atoms with Gasteiger partial charge >= 0.3 is 12.2 Å². The molecule has 164 valence electrons. The van der Waals surface area contributed by atoms with Crippen molar-refractivity contribution in [3.8, 4) is 11.5 Å². The SMILES string of the molecule is CCOc1ccccc1C(=O)NC1(C(F)(F)F)NC(=O)N(c2ccc(OC)cc2)C1=O. The van der Waals surface area contributed by atoms with Crippen LogP contribution in [-0.4, -0.2) is 43.4 Å². The number of nitrogens with one attached hydrogen (secondary N) is 2. The third-order valence-corrected chi connectivity index (χ3v) is 4.51. The maximum atomic E-state index is 14.0. The fourth-order valence-corrected chi connectivity index (χ4v) is 3.02. The smallest absolute Gasteiger partial charge is 0.440 e. The molecule has 11 heteroatoms. The number of nitrogens with zero attached hydrogens (tertiary/aromatic N) is 1. The van der Waals surface area contributed by atoms with E-state index in [2.05, 4.69) is 0 Å². The number of hydrogen-bond donors (Lipinski definition) is 2. The molecule has 2 aromatic carbocycles. The predicted molar refractivity (Wildman–Crippen MR) is 103 cm³/mol. The second kappa shape index (κ2) is 8.17. The molecule has 2 aromatic rings. The van der Waals surface area contributed by atoms with Crippen molar-refractivity contribution < 1.29 is 37.0 Å². The zero-order valence-corrected chi connectivity index (χ0v) is 16.4. The number of rotatable bonds is 6. The quantitative estimate of drug-likeness (QED) is 0.678. The molecule has 1 saturated heterocycles. The van der Waals surface area contributed by atoms with Crippen LogP contribution in [0.15, 0.2) is 48.5 Å². The summed E-state index contributed by atoms with van der Waals surface area (Å²) in [6.45, 7) is 1.80. The highest BCUT2D eigenvalue weighted by molar-refractivity contribution is 6.24. The Morgan fingerprint density at radius 1 is 1.13 bits per heavy atom. The Morgan fingerprint density at radius 3 is 2.35 bits per heavy atom. The van der Waals surface area contributed by atoms with E-state index in [0.29, 0.717) is 10.6 Å². The van der Waals surface area contributed by atoms with Crippen LogP contribution in [0.5, 0.6) is 11.5 Å². The highest BCUT2D eigenvalue weighted by Crippen LogP contribution is 2.36. The monoisotopic (exact) mass is 437 g/mol. The van der Waals surface area contributed by atoms with Crippen molar-refractivity contribution in [3.05, 3.63) is 54.1 Å². The molecule has 3 rings (SSSR count). The largest absolute Gasteiger partial charge is 0.497 e. The summed E-state index contributed by atoms with van der Waals surface area (Å²) in [6.07, 6.45) is -5.34. The highest BCUT2D eigenvalue weighted by atomic mass is 19.4. The fraction of sp³-hybridized carbons (Fsp3) is 0.250. The van der Waals surface area contributed by atoms with E-state index in [9.17, 15) is 27.6 Å². The van der Waals surface area contributed by atoms with E-state index >= 15 is 0 Å². The first kappa shape index (κ1) is 21.9. The van der Waals surface area contributed by atoms with Crippen LogP contribution in [0, 0.1) is 0 Å². The maximum absolute atomic E-state index is 14.0. The number of methoxy groups -OCH3 is 1. The number of carbonyl (C=O) groups is 3. The summed E-state index contributed by atoms with van der Waals surface area (Å²) in [6, 6.07) is 9.51. The lowest BCUT2D eigenvalue weighted by Crippen LogP contribution is -2.69. The van der Waals surface area contributed by atoms with E-state index in [0.717, 1.165) is 0 Å². The molecule has 1 fully saturated rings. The third-order valence-electron chi connectivity index (χ3n) is 4.51. The van der Waals surface area contributed by atoms with Crippen molar-refractivity contribution in [2.45, 2.75) is 18.8 Å². The van der Waals surface area contributed by atoms with Crippen molar-refractivity contribution >= 4 is 23.5 Å². The minimum Gasteiger partial charge on any atom is -0.497 e. The first-order valence-electron chi connectivity index (χ1n) is 9.06. The molecule has 1 aliphatic rings. The molecule has 0 spiro atoms. The summed E-state index contributed by atoms with van der Waals surface area (Å²) in [5.74, 6) is -2.54. The van der Waals surface area contributed by atoms with Gasteiger partial charge in [-0.25, -0.2) is 9.69 Å². The van der Waals surface area contributed by atoms with E-state index in [4.69, 9.17) is 9.47 Å². The number of imide groups is 1. The van der Waals surface area contributed by atoms with Gasteiger partial charge in [-0.05, 0) is 43.3 Å². The lowest BCUT2D eigenvalue weighted by atomic mass is 10.1. The van der Waals surface area contributed by atoms with Crippen molar-refractivity contribution in [1.82, 2.24) is 10.6 Å². The van der Waals surface area contributed by atoms with Gasteiger partial charge < -0.3 is 14.8 Å². The zero-order chi connectivity index (χ0) is 22.8. The fourth-order valence-electron chi connectivity index (χ4n) is 3.02. The summed E-state index contributed by atoms with van der Waals surface area (Å²) < 4.78 is 52.4. The van der Waals surface area contributed by atoms with Crippen molar-refractivity contribution in [2.75, 3.05) is 18.6 Å². The first-order chi connectivity index (χ1) is 14.6. The molecule has 31 heavy (non-hydrogen) atoms. The van der Waals surface area contributed by atoms with Crippen LogP contribution in [0.4, 0.5) is 23.7 Å². The van der Waals surface area contributed by atoms with Gasteiger partial charge in [-0.15, -0.1) is 0 Å². The van der Waals surface area contributed by atoms with Crippen LogP contribution in [0.25, 0.3) is 0 Å². The number of benzene rings is 2. The molecular formula is C20H18F3N3O5. The summed E-state index contributed by atoms with van der Waals surface area (Å²) in [5.41, 5.74) is -4.00. The van der Waals surface area contributed by atoms with E-state index in [-0.39, 0.29) is 23.6 Å². The number of ether oxygens (including phenoxy) is 2. The summed E-state index contributed by atoms with van der Waals surface area (Å²) in [7, 11) is 1.38. The van der Waals surface area contributed by atoms with Crippen LogP contribution < -0.4 is 25.0 Å². The molecule has 1 atom stereocenters. The molecule has 4 amide bonds. The topological polar surface area (TPSA) is 97.0 Å². The molecule has 8 nitrogen and oxygen atoms in total. The van der Waals surface area contributed by atoms with Gasteiger partial charge in [0, 0.05) is 0 Å². The Labute approximate surface area is 174 Å². The molecule has 0 aliphatic carbocycles. The molecule has 0 saturated carbocycles. The van der Waals surface area contributed by atoms with Crippen LogP contribution in [-0.2, 0) is 4.79 Å². The van der Waals surface area contributed by atoms with Crippen LogP contribution in [0.1, 0.15) is 17.3 Å². The second-order valence-electron chi connectivity index (χ2n) is 6.40. The molecular weight excluding hydrogens is 419 g/mol. The van der Waals surface area contributed by atoms with Crippen LogP contribution >= 0.6 is 0 Å². The molecule has 0 bridgehead atoms. The van der Waals surface area contributed by atoms with Crippen molar-refractivity contribution in [3.63, 3.8) is 0 Å². The number of halogens is 3. The molecule has 1 heterocycles. The number of hydrogen-bond acceptors (Lipinski definition) is 5. The number of urea groups is 1. The number of para-hydroxylation sites is 1. The average Bonchev–Trinajstić information content (AvgIpc) is 2.99. The Bertz CT molecular complexity index is 1010. The normalized spacial score (nSPS) is 18.5. The Balaban J connectivity index is 1.99. The lowest BCUT2D eigenvalue weighted by Gasteiger charge is -2.30. The van der Waals surface area contributed by atoms with Crippen LogP contribution in [0.3, 0.4) is 0 Å². The molecule has 1 aliphatic heterocycles. The average molecular weight is 437 g/mol. The number of alkyl halides is 3. The summed E-state index contributed by atoms with van der Waals surface area (Å²) >= 11 is 0. The highest BCUT2D eigenvalue weighted by Gasteiger charge is 2.69. The minimum absolute atomic E-state index is 0.0311. The summed E-state index contributed by atoms with van der Waals surface area (Å²) in [5, 5.41) is 3.25. The number of amides is 4. The van der Waals surface area contributed by atoms with Gasteiger partial charge in [-0.3, -0.25) is 14.9 Å². The number of anilines is 1. The predicted octanol–water partition coefficient (Wildman–Crippen LogP) is 2.84. The van der Waals surface area contributed by atoms with Gasteiger partial charge in [0.2, 0.25) is 0 Å². The molecule has 2 N–H and O–H groups in total. The van der Waals surface area contributed by atoms with E-state index < -0.39 is 29.7 Å². The Kier molecular flexibility index (Phi) is 5.78. The first-order valence-corrected chi connectivity index (χ1v) is 9.06. The minimum atomic E-state index is -5.34. The standard InChI is InChI=1S/C20H18F3N3O5/c1-3-31-15-7-5-4-6-14(15)16(27)24-19(20(21,22)23)17(28)26(18(29)25-19)12-8-10-13(30-2)11-9-12/h4-11H,3H2,1-2H3,(H,24,27)(H,25,29). The lowest BCUT2D eigenvalue weighted by molar-refractivity contribution is -0.197. The van der Waals surface area contributed by atoms with Crippen molar-refractivity contribution in [1.29, 1.82) is 0 Å². The van der Waals surface area contributed by atoms with Gasteiger partial charge in [0.05, 0.1) is 25.0 Å². The van der Waals surface area contributed by atoms with Gasteiger partial charge in [0.15, 0.2) is 0 Å². The Morgan fingerprint density at radius 2 is 1.77 bits per heavy atom. The number of carbonyl (C=O) groups excluding carboxylic acids is 3. The molecule has 0 aromatic heterocycles. The maximum Gasteiger partial charge on any atom is 0.440 e. The van der Waals surface area contributed by atoms with Gasteiger partial charge in [0.25, 0.3) is 17.5 Å². The summed E-state index contributed by atoms with van der Waals surface area (Å²) in [4.78, 5) is 38.2. The van der Waals surface area contributed by atoms with Crippen molar-refractivity contribution in [2.24, 2.45) is 0 Å². The third kappa shape index (κ3) is 3.86. The second-order valence-corrected chi connectivity index (χ2v) is 6.40. The van der Waals surface area contributed by atoms with Gasteiger partial charge in [0.1, 0.15) is 11.5 Å². The van der Waals surface area contributed by atoms with E-state index in [1.54, 1.807) is 17.6 Å².